The molecule has 150 valence electrons. The van der Waals surface area contributed by atoms with E-state index in [-0.39, 0.29) is 11.9 Å². The van der Waals surface area contributed by atoms with Crippen LogP contribution in [0, 0.1) is 0 Å². The Morgan fingerprint density at radius 1 is 1.25 bits per heavy atom. The zero-order valence-electron chi connectivity index (χ0n) is 16.1. The molecule has 4 heterocycles. The van der Waals surface area contributed by atoms with E-state index in [2.05, 4.69) is 15.6 Å². The van der Waals surface area contributed by atoms with Crippen molar-refractivity contribution in [2.24, 2.45) is 0 Å². The maximum absolute atomic E-state index is 13.0. The van der Waals surface area contributed by atoms with E-state index in [0.29, 0.717) is 38.5 Å². The molecule has 0 spiro atoms. The SMILES string of the molecule is CCn1nccc1N1CCCC(NC(=O)N2CCC(c3ccon3)CC2)C1=O. The van der Waals surface area contributed by atoms with Crippen molar-refractivity contribution in [1.29, 1.82) is 0 Å². The number of likely N-dealkylation sites (tertiary alicyclic amines) is 1. The Labute approximate surface area is 163 Å². The molecule has 28 heavy (non-hydrogen) atoms. The molecular weight excluding hydrogens is 360 g/mol. The number of urea groups is 1. The Kier molecular flexibility index (Phi) is 5.31. The molecule has 2 aliphatic rings. The average molecular weight is 386 g/mol. The van der Waals surface area contributed by atoms with E-state index in [1.54, 1.807) is 26.9 Å². The highest BCUT2D eigenvalue weighted by Crippen LogP contribution is 2.27. The van der Waals surface area contributed by atoms with Crippen molar-refractivity contribution < 1.29 is 14.1 Å². The van der Waals surface area contributed by atoms with Gasteiger partial charge in [-0.05, 0) is 32.6 Å². The molecule has 1 unspecified atom stereocenters. The number of rotatable bonds is 4. The van der Waals surface area contributed by atoms with E-state index in [0.717, 1.165) is 30.8 Å². The fraction of sp³-hybridized carbons (Fsp3) is 0.579. The maximum atomic E-state index is 13.0. The summed E-state index contributed by atoms with van der Waals surface area (Å²) in [6, 6.07) is 3.08. The zero-order valence-corrected chi connectivity index (χ0v) is 16.1. The summed E-state index contributed by atoms with van der Waals surface area (Å²) in [5, 5.41) is 11.2. The van der Waals surface area contributed by atoms with Crippen molar-refractivity contribution in [3.8, 4) is 0 Å². The van der Waals surface area contributed by atoms with Crippen LogP contribution < -0.4 is 10.2 Å². The van der Waals surface area contributed by atoms with Crippen LogP contribution in [-0.2, 0) is 11.3 Å². The van der Waals surface area contributed by atoms with Crippen molar-refractivity contribution in [2.75, 3.05) is 24.5 Å². The molecule has 2 saturated heterocycles. The predicted molar refractivity (Wildman–Crippen MR) is 102 cm³/mol. The standard InChI is InChI=1S/C19H26N6O3/c1-2-25-17(5-9-20-25)24-10-3-4-16(18(24)26)21-19(27)23-11-6-14(7-12-23)15-8-13-28-22-15/h5,8-9,13-14,16H,2-4,6-7,10-12H2,1H3,(H,21,27). The number of piperidine rings is 2. The molecule has 1 N–H and O–H groups in total. The van der Waals surface area contributed by atoms with Gasteiger partial charge in [-0.3, -0.25) is 9.69 Å². The summed E-state index contributed by atoms with van der Waals surface area (Å²) in [6.45, 7) is 4.64. The second-order valence-corrected chi connectivity index (χ2v) is 7.32. The number of aromatic nitrogens is 3. The molecule has 0 radical (unpaired) electrons. The third-order valence-electron chi connectivity index (χ3n) is 5.66. The van der Waals surface area contributed by atoms with Crippen LogP contribution in [0.25, 0.3) is 0 Å². The second-order valence-electron chi connectivity index (χ2n) is 7.32. The van der Waals surface area contributed by atoms with E-state index in [4.69, 9.17) is 4.52 Å². The van der Waals surface area contributed by atoms with E-state index >= 15 is 0 Å². The Balaban J connectivity index is 1.35. The number of hydrogen-bond acceptors (Lipinski definition) is 5. The highest BCUT2D eigenvalue weighted by atomic mass is 16.5. The van der Waals surface area contributed by atoms with Gasteiger partial charge in [-0.1, -0.05) is 5.16 Å². The number of carbonyl (C=O) groups excluding carboxylic acids is 2. The van der Waals surface area contributed by atoms with Gasteiger partial charge in [-0.2, -0.15) is 5.10 Å². The highest BCUT2D eigenvalue weighted by Gasteiger charge is 2.34. The molecule has 4 rings (SSSR count). The Bertz CT molecular complexity index is 810. The fourth-order valence-electron chi connectivity index (χ4n) is 4.09. The van der Waals surface area contributed by atoms with Crippen molar-refractivity contribution in [3.05, 3.63) is 30.3 Å². The van der Waals surface area contributed by atoms with Crippen LogP contribution in [0.2, 0.25) is 0 Å². The number of nitrogens with one attached hydrogen (secondary N) is 1. The number of carbonyl (C=O) groups is 2. The van der Waals surface area contributed by atoms with Crippen LogP contribution in [0.15, 0.2) is 29.1 Å². The van der Waals surface area contributed by atoms with Crippen LogP contribution in [0.1, 0.15) is 44.2 Å². The molecule has 1 atom stereocenters. The molecule has 0 aliphatic carbocycles. The van der Waals surface area contributed by atoms with Gasteiger partial charge in [0, 0.05) is 44.2 Å². The smallest absolute Gasteiger partial charge is 0.318 e. The van der Waals surface area contributed by atoms with Crippen molar-refractivity contribution >= 4 is 17.8 Å². The summed E-state index contributed by atoms with van der Waals surface area (Å²) in [5.41, 5.74) is 0.950. The number of anilines is 1. The normalized spacial score (nSPS) is 21.2. The third kappa shape index (κ3) is 3.61. The van der Waals surface area contributed by atoms with Crippen LogP contribution in [-0.4, -0.2) is 57.5 Å². The van der Waals surface area contributed by atoms with Gasteiger partial charge in [-0.25, -0.2) is 9.48 Å². The summed E-state index contributed by atoms with van der Waals surface area (Å²) in [5.74, 6) is 1.05. The Morgan fingerprint density at radius 2 is 2.07 bits per heavy atom. The first-order valence-electron chi connectivity index (χ1n) is 9.96. The minimum absolute atomic E-state index is 0.0627. The van der Waals surface area contributed by atoms with E-state index in [1.165, 1.54) is 0 Å². The number of nitrogens with zero attached hydrogens (tertiary/aromatic N) is 5. The first-order chi connectivity index (χ1) is 13.7. The molecule has 0 aromatic carbocycles. The minimum Gasteiger partial charge on any atom is -0.365 e. The summed E-state index contributed by atoms with van der Waals surface area (Å²) < 4.78 is 6.72. The lowest BCUT2D eigenvalue weighted by Crippen LogP contribution is -2.56. The van der Waals surface area contributed by atoms with Crippen LogP contribution >= 0.6 is 0 Å². The largest absolute Gasteiger partial charge is 0.365 e. The zero-order chi connectivity index (χ0) is 19.5. The lowest BCUT2D eigenvalue weighted by atomic mass is 9.94. The number of hydrogen-bond donors (Lipinski definition) is 1. The van der Waals surface area contributed by atoms with Crippen LogP contribution in [0.4, 0.5) is 10.6 Å². The van der Waals surface area contributed by atoms with Crippen LogP contribution in [0.5, 0.6) is 0 Å². The summed E-state index contributed by atoms with van der Waals surface area (Å²) in [6.07, 6.45) is 6.49. The van der Waals surface area contributed by atoms with Crippen molar-refractivity contribution in [1.82, 2.24) is 25.2 Å². The lowest BCUT2D eigenvalue weighted by Gasteiger charge is -2.35. The van der Waals surface area contributed by atoms with Gasteiger partial charge in [0.2, 0.25) is 0 Å². The monoisotopic (exact) mass is 386 g/mol. The van der Waals surface area contributed by atoms with Gasteiger partial charge in [-0.15, -0.1) is 0 Å². The van der Waals surface area contributed by atoms with Gasteiger partial charge in [0.15, 0.2) is 0 Å². The predicted octanol–water partition coefficient (Wildman–Crippen LogP) is 1.98. The van der Waals surface area contributed by atoms with E-state index < -0.39 is 6.04 Å². The molecule has 2 aromatic heterocycles. The Hall–Kier alpha value is -2.84. The molecule has 9 heteroatoms. The van der Waals surface area contributed by atoms with Crippen LogP contribution in [0.3, 0.4) is 0 Å². The molecule has 0 bridgehead atoms. The molecular formula is C19H26N6O3. The lowest BCUT2D eigenvalue weighted by molar-refractivity contribution is -0.121. The summed E-state index contributed by atoms with van der Waals surface area (Å²) in [4.78, 5) is 29.2. The highest BCUT2D eigenvalue weighted by molar-refractivity contribution is 5.99. The minimum atomic E-state index is -0.491. The number of aryl methyl sites for hydroxylation is 1. The molecule has 3 amide bonds. The second kappa shape index (κ2) is 8.04. The molecule has 9 nitrogen and oxygen atoms in total. The van der Waals surface area contributed by atoms with E-state index in [9.17, 15) is 9.59 Å². The summed E-state index contributed by atoms with van der Waals surface area (Å²) in [7, 11) is 0. The van der Waals surface area contributed by atoms with Gasteiger partial charge < -0.3 is 14.7 Å². The first-order valence-corrected chi connectivity index (χ1v) is 9.96. The number of amides is 3. The molecule has 2 aromatic rings. The maximum Gasteiger partial charge on any atom is 0.318 e. The van der Waals surface area contributed by atoms with Crippen molar-refractivity contribution in [3.63, 3.8) is 0 Å². The fourth-order valence-corrected chi connectivity index (χ4v) is 4.09. The van der Waals surface area contributed by atoms with E-state index in [1.807, 2.05) is 19.1 Å². The van der Waals surface area contributed by atoms with Crippen molar-refractivity contribution in [2.45, 2.75) is 51.1 Å². The van der Waals surface area contributed by atoms with Gasteiger partial charge in [0.05, 0.1) is 11.9 Å². The topological polar surface area (TPSA) is 96.5 Å². The molecule has 2 aliphatic heterocycles. The van der Waals surface area contributed by atoms with Gasteiger partial charge >= 0.3 is 6.03 Å². The Morgan fingerprint density at radius 3 is 2.79 bits per heavy atom. The van der Waals surface area contributed by atoms with Gasteiger partial charge in [0.1, 0.15) is 18.1 Å². The van der Waals surface area contributed by atoms with Gasteiger partial charge in [0.25, 0.3) is 5.91 Å². The molecule has 0 saturated carbocycles. The first kappa shape index (κ1) is 18.5. The third-order valence-corrected chi connectivity index (χ3v) is 5.66. The average Bonchev–Trinajstić information content (AvgIpc) is 3.41. The molecule has 2 fully saturated rings. The quantitative estimate of drug-likeness (QED) is 0.867. The summed E-state index contributed by atoms with van der Waals surface area (Å²) >= 11 is 0.